The van der Waals surface area contributed by atoms with Crippen LogP contribution in [-0.4, -0.2) is 0 Å². The average molecular weight is 325 g/mol. The van der Waals surface area contributed by atoms with Gasteiger partial charge in [-0.1, -0.05) is 42.8 Å². The highest BCUT2D eigenvalue weighted by Gasteiger charge is 2.38. The van der Waals surface area contributed by atoms with Crippen molar-refractivity contribution in [2.75, 3.05) is 0 Å². The van der Waals surface area contributed by atoms with Crippen LogP contribution in [0.3, 0.4) is 0 Å². The monoisotopic (exact) mass is 324 g/mol. The van der Waals surface area contributed by atoms with Crippen LogP contribution in [0, 0.1) is 5.41 Å². The Morgan fingerprint density at radius 2 is 1.78 bits per heavy atom. The van der Waals surface area contributed by atoms with Crippen molar-refractivity contribution in [3.05, 3.63) is 33.8 Å². The molecule has 0 saturated carbocycles. The van der Waals surface area contributed by atoms with Crippen molar-refractivity contribution in [2.24, 2.45) is 11.3 Å². The van der Waals surface area contributed by atoms with Crippen molar-refractivity contribution in [1.29, 1.82) is 0 Å². The largest absolute Gasteiger partial charge is 0.416 e. The van der Waals surface area contributed by atoms with Crippen molar-refractivity contribution in [2.45, 2.75) is 33.0 Å². The summed E-state index contributed by atoms with van der Waals surface area (Å²) in [5, 5.41) is 0. The van der Waals surface area contributed by atoms with Crippen molar-refractivity contribution in [3.63, 3.8) is 0 Å². The average Bonchev–Trinajstić information content (AvgIpc) is 2.17. The van der Waals surface area contributed by atoms with Crippen LogP contribution in [0.4, 0.5) is 13.2 Å². The number of halogens is 4. The number of nitrogens with two attached hydrogens (primary N) is 1. The van der Waals surface area contributed by atoms with Gasteiger partial charge in [0.15, 0.2) is 0 Å². The summed E-state index contributed by atoms with van der Waals surface area (Å²) in [5.74, 6) is 5.41. The van der Waals surface area contributed by atoms with Gasteiger partial charge in [-0.25, -0.2) is 0 Å². The van der Waals surface area contributed by atoms with Crippen LogP contribution in [0.15, 0.2) is 22.7 Å². The zero-order chi connectivity index (χ0) is 14.1. The molecule has 1 aromatic rings. The first-order valence-corrected chi connectivity index (χ1v) is 6.19. The Bertz CT molecular complexity index is 424. The van der Waals surface area contributed by atoms with Crippen molar-refractivity contribution in [1.82, 2.24) is 5.43 Å². The SMILES string of the molecule is CC(C)(C)C(NN)c1ccc(Br)cc1C(F)(F)F. The molecule has 0 radical (unpaired) electrons. The summed E-state index contributed by atoms with van der Waals surface area (Å²) in [5.41, 5.74) is 1.53. The minimum absolute atomic E-state index is 0.153. The number of hydrazine groups is 1. The molecule has 0 fully saturated rings. The fourth-order valence-corrected chi connectivity index (χ4v) is 2.19. The van der Waals surface area contributed by atoms with Gasteiger partial charge in [0, 0.05) is 4.47 Å². The van der Waals surface area contributed by atoms with Gasteiger partial charge in [0.25, 0.3) is 0 Å². The molecule has 3 N–H and O–H groups in total. The summed E-state index contributed by atoms with van der Waals surface area (Å²) < 4.78 is 39.5. The van der Waals surface area contributed by atoms with Gasteiger partial charge in [0.2, 0.25) is 0 Å². The molecule has 0 spiro atoms. The molecule has 1 atom stereocenters. The Balaban J connectivity index is 3.40. The summed E-state index contributed by atoms with van der Waals surface area (Å²) >= 11 is 3.06. The molecule has 0 amide bonds. The molecule has 0 bridgehead atoms. The molecule has 1 unspecified atom stereocenters. The number of rotatable bonds is 2. The lowest BCUT2D eigenvalue weighted by Gasteiger charge is -2.32. The predicted molar refractivity (Wildman–Crippen MR) is 68.7 cm³/mol. The lowest BCUT2D eigenvalue weighted by Crippen LogP contribution is -2.38. The summed E-state index contributed by atoms with van der Waals surface area (Å²) in [6, 6.07) is 3.52. The lowest BCUT2D eigenvalue weighted by molar-refractivity contribution is -0.138. The first kappa shape index (κ1) is 15.5. The molecule has 0 aliphatic rings. The summed E-state index contributed by atoms with van der Waals surface area (Å²) in [6.45, 7) is 5.50. The van der Waals surface area contributed by atoms with Gasteiger partial charge in [0.1, 0.15) is 0 Å². The van der Waals surface area contributed by atoms with Crippen LogP contribution in [-0.2, 0) is 6.18 Å². The number of nitrogens with one attached hydrogen (secondary N) is 1. The zero-order valence-corrected chi connectivity index (χ0v) is 12.0. The molecule has 102 valence electrons. The zero-order valence-electron chi connectivity index (χ0n) is 10.4. The van der Waals surface area contributed by atoms with E-state index in [2.05, 4.69) is 21.4 Å². The normalized spacial score (nSPS) is 14.7. The van der Waals surface area contributed by atoms with Crippen molar-refractivity contribution < 1.29 is 13.2 Å². The maximum atomic E-state index is 13.0. The summed E-state index contributed by atoms with van der Waals surface area (Å²) in [6.07, 6.45) is -4.40. The van der Waals surface area contributed by atoms with Gasteiger partial charge >= 0.3 is 6.18 Å². The highest BCUT2D eigenvalue weighted by molar-refractivity contribution is 9.10. The van der Waals surface area contributed by atoms with Crippen LogP contribution in [0.2, 0.25) is 0 Å². The molecule has 0 aliphatic carbocycles. The van der Waals surface area contributed by atoms with Gasteiger partial charge in [-0.15, -0.1) is 0 Å². The van der Waals surface area contributed by atoms with Crippen LogP contribution >= 0.6 is 15.9 Å². The Kier molecular flexibility index (Phi) is 4.46. The van der Waals surface area contributed by atoms with E-state index >= 15 is 0 Å². The second-order valence-corrected chi connectivity index (χ2v) is 6.11. The number of hydrogen-bond donors (Lipinski definition) is 2. The standard InChI is InChI=1S/C12H16BrF3N2/c1-11(2,3)10(18-17)8-5-4-7(13)6-9(8)12(14,15)16/h4-6,10,18H,17H2,1-3H3. The van der Waals surface area contributed by atoms with E-state index in [1.54, 1.807) is 6.07 Å². The van der Waals surface area contributed by atoms with Crippen LogP contribution in [0.1, 0.15) is 37.9 Å². The Hall–Kier alpha value is -0.590. The van der Waals surface area contributed by atoms with E-state index in [4.69, 9.17) is 5.84 Å². The number of alkyl halides is 3. The van der Waals surface area contributed by atoms with E-state index in [9.17, 15) is 13.2 Å². The second kappa shape index (κ2) is 5.19. The van der Waals surface area contributed by atoms with E-state index in [0.717, 1.165) is 6.07 Å². The molecule has 0 saturated heterocycles. The smallest absolute Gasteiger partial charge is 0.271 e. The molecule has 18 heavy (non-hydrogen) atoms. The molecule has 0 aliphatic heterocycles. The van der Waals surface area contributed by atoms with Gasteiger partial charge in [-0.2, -0.15) is 13.2 Å². The van der Waals surface area contributed by atoms with E-state index < -0.39 is 23.2 Å². The third kappa shape index (κ3) is 3.46. The van der Waals surface area contributed by atoms with Crippen molar-refractivity contribution in [3.8, 4) is 0 Å². The number of benzene rings is 1. The van der Waals surface area contributed by atoms with Crippen LogP contribution in [0.25, 0.3) is 0 Å². The summed E-state index contributed by atoms with van der Waals surface area (Å²) in [7, 11) is 0. The molecule has 0 heterocycles. The van der Waals surface area contributed by atoms with Crippen LogP contribution in [0.5, 0.6) is 0 Å². The van der Waals surface area contributed by atoms with Gasteiger partial charge in [0.05, 0.1) is 11.6 Å². The molecular formula is C12H16BrF3N2. The molecule has 6 heteroatoms. The quantitative estimate of drug-likeness (QED) is 0.637. The fourth-order valence-electron chi connectivity index (χ4n) is 1.83. The van der Waals surface area contributed by atoms with Gasteiger partial charge < -0.3 is 0 Å². The highest BCUT2D eigenvalue weighted by atomic mass is 79.9. The topological polar surface area (TPSA) is 38.0 Å². The van der Waals surface area contributed by atoms with E-state index in [0.29, 0.717) is 4.47 Å². The Morgan fingerprint density at radius 3 is 2.17 bits per heavy atom. The van der Waals surface area contributed by atoms with Crippen molar-refractivity contribution >= 4 is 15.9 Å². The Labute approximate surface area is 113 Å². The third-order valence-corrected chi connectivity index (χ3v) is 3.16. The maximum absolute atomic E-state index is 13.0. The Morgan fingerprint density at radius 1 is 1.22 bits per heavy atom. The van der Waals surface area contributed by atoms with E-state index in [1.165, 1.54) is 6.07 Å². The van der Waals surface area contributed by atoms with E-state index in [-0.39, 0.29) is 5.56 Å². The first-order valence-electron chi connectivity index (χ1n) is 5.40. The van der Waals surface area contributed by atoms with Gasteiger partial charge in [-0.3, -0.25) is 11.3 Å². The molecule has 2 nitrogen and oxygen atoms in total. The lowest BCUT2D eigenvalue weighted by atomic mass is 9.81. The number of hydrogen-bond acceptors (Lipinski definition) is 2. The molecule has 1 aromatic carbocycles. The summed E-state index contributed by atoms with van der Waals surface area (Å²) in [4.78, 5) is 0. The maximum Gasteiger partial charge on any atom is 0.416 e. The first-order chi connectivity index (χ1) is 8.07. The predicted octanol–water partition coefficient (Wildman–Crippen LogP) is 4.02. The molecular weight excluding hydrogens is 309 g/mol. The minimum Gasteiger partial charge on any atom is -0.271 e. The molecule has 1 rings (SSSR count). The molecule has 0 aromatic heterocycles. The van der Waals surface area contributed by atoms with Gasteiger partial charge in [-0.05, 0) is 23.1 Å². The van der Waals surface area contributed by atoms with E-state index in [1.807, 2.05) is 20.8 Å². The highest BCUT2D eigenvalue weighted by Crippen LogP contribution is 2.41. The van der Waals surface area contributed by atoms with Crippen LogP contribution < -0.4 is 11.3 Å². The fraction of sp³-hybridized carbons (Fsp3) is 0.500. The third-order valence-electron chi connectivity index (χ3n) is 2.66. The second-order valence-electron chi connectivity index (χ2n) is 5.20. The minimum atomic E-state index is -4.40.